The maximum absolute atomic E-state index is 9.28. The Bertz CT molecular complexity index is 896. The monoisotopic (exact) mass is 397 g/mol. The number of rotatable bonds is 7. The van der Waals surface area contributed by atoms with Crippen molar-refractivity contribution in [3.8, 4) is 17.9 Å². The van der Waals surface area contributed by atoms with Crippen molar-refractivity contribution in [3.05, 3.63) is 70.3 Å². The molecule has 0 bridgehead atoms. The SMILES string of the molecule is CCCCC1CCC(CCc2ccc(C#Cc3ccc(CC)c(C#N)c3)cc2)CC1. The fourth-order valence-electron chi connectivity index (χ4n) is 4.64. The van der Waals surface area contributed by atoms with Crippen molar-refractivity contribution in [2.45, 2.75) is 78.1 Å². The van der Waals surface area contributed by atoms with Gasteiger partial charge in [0.1, 0.15) is 0 Å². The highest BCUT2D eigenvalue weighted by molar-refractivity contribution is 5.49. The summed E-state index contributed by atoms with van der Waals surface area (Å²) in [5.74, 6) is 8.37. The van der Waals surface area contributed by atoms with Gasteiger partial charge < -0.3 is 0 Å². The van der Waals surface area contributed by atoms with E-state index in [0.29, 0.717) is 0 Å². The molecule has 1 aliphatic rings. The van der Waals surface area contributed by atoms with Crippen LogP contribution in [-0.4, -0.2) is 0 Å². The van der Waals surface area contributed by atoms with Gasteiger partial charge in [-0.2, -0.15) is 5.26 Å². The van der Waals surface area contributed by atoms with Crippen molar-refractivity contribution in [2.24, 2.45) is 11.8 Å². The van der Waals surface area contributed by atoms with Crippen molar-refractivity contribution in [2.75, 3.05) is 0 Å². The number of benzene rings is 2. The van der Waals surface area contributed by atoms with E-state index in [2.05, 4.69) is 56.0 Å². The summed E-state index contributed by atoms with van der Waals surface area (Å²) >= 11 is 0. The number of nitrogens with zero attached hydrogens (tertiary/aromatic N) is 1. The molecule has 2 aromatic carbocycles. The average molecular weight is 398 g/mol. The molecular formula is C29H35N. The summed E-state index contributed by atoms with van der Waals surface area (Å²) in [6.45, 7) is 4.37. The summed E-state index contributed by atoms with van der Waals surface area (Å²) in [5.41, 5.74) is 5.18. The van der Waals surface area contributed by atoms with Crippen LogP contribution < -0.4 is 0 Å². The van der Waals surface area contributed by atoms with E-state index in [9.17, 15) is 5.26 Å². The number of hydrogen-bond acceptors (Lipinski definition) is 1. The number of aryl methyl sites for hydroxylation is 2. The number of hydrogen-bond donors (Lipinski definition) is 0. The first-order valence-corrected chi connectivity index (χ1v) is 11.9. The fourth-order valence-corrected chi connectivity index (χ4v) is 4.64. The molecule has 0 amide bonds. The van der Waals surface area contributed by atoms with Gasteiger partial charge in [-0.05, 0) is 66.5 Å². The highest BCUT2D eigenvalue weighted by Crippen LogP contribution is 2.34. The first-order chi connectivity index (χ1) is 14.7. The van der Waals surface area contributed by atoms with Crippen LogP contribution in [-0.2, 0) is 12.8 Å². The molecule has 1 aliphatic carbocycles. The molecule has 3 rings (SSSR count). The average Bonchev–Trinajstić information content (AvgIpc) is 2.81. The molecule has 0 atom stereocenters. The topological polar surface area (TPSA) is 23.8 Å². The summed E-state index contributed by atoms with van der Waals surface area (Å²) in [7, 11) is 0. The predicted molar refractivity (Wildman–Crippen MR) is 126 cm³/mol. The van der Waals surface area contributed by atoms with E-state index in [-0.39, 0.29) is 0 Å². The maximum atomic E-state index is 9.28. The third kappa shape index (κ3) is 6.50. The van der Waals surface area contributed by atoms with Crippen molar-refractivity contribution in [1.29, 1.82) is 5.26 Å². The van der Waals surface area contributed by atoms with Crippen LogP contribution in [0, 0.1) is 35.0 Å². The zero-order valence-corrected chi connectivity index (χ0v) is 18.7. The Balaban J connectivity index is 1.49. The predicted octanol–water partition coefficient (Wildman–Crippen LogP) is 7.45. The summed E-state index contributed by atoms with van der Waals surface area (Å²) in [4.78, 5) is 0. The number of nitriles is 1. The van der Waals surface area contributed by atoms with Gasteiger partial charge in [0.2, 0.25) is 0 Å². The number of unbranched alkanes of at least 4 members (excludes halogenated alkanes) is 1. The second kappa shape index (κ2) is 11.6. The lowest BCUT2D eigenvalue weighted by Gasteiger charge is -2.28. The molecule has 1 fully saturated rings. The fraction of sp³-hybridized carbons (Fsp3) is 0.483. The zero-order chi connectivity index (χ0) is 21.2. The van der Waals surface area contributed by atoms with Gasteiger partial charge in [-0.3, -0.25) is 0 Å². The van der Waals surface area contributed by atoms with Crippen LogP contribution in [0.3, 0.4) is 0 Å². The third-order valence-corrected chi connectivity index (χ3v) is 6.69. The Labute approximate surface area is 183 Å². The van der Waals surface area contributed by atoms with Crippen molar-refractivity contribution in [1.82, 2.24) is 0 Å². The van der Waals surface area contributed by atoms with Gasteiger partial charge in [-0.25, -0.2) is 0 Å². The molecule has 1 saturated carbocycles. The second-order valence-corrected chi connectivity index (χ2v) is 8.85. The van der Waals surface area contributed by atoms with Crippen LogP contribution in [0.1, 0.15) is 93.0 Å². The van der Waals surface area contributed by atoms with Gasteiger partial charge in [-0.1, -0.05) is 88.8 Å². The van der Waals surface area contributed by atoms with Gasteiger partial charge in [0, 0.05) is 11.1 Å². The van der Waals surface area contributed by atoms with E-state index >= 15 is 0 Å². The Morgan fingerprint density at radius 1 is 0.833 bits per heavy atom. The molecular weight excluding hydrogens is 362 g/mol. The lowest BCUT2D eigenvalue weighted by atomic mass is 9.78. The molecule has 0 heterocycles. The zero-order valence-electron chi connectivity index (χ0n) is 18.7. The molecule has 2 aromatic rings. The van der Waals surface area contributed by atoms with E-state index < -0.39 is 0 Å². The largest absolute Gasteiger partial charge is 0.192 e. The van der Waals surface area contributed by atoms with Gasteiger partial charge >= 0.3 is 0 Å². The first-order valence-electron chi connectivity index (χ1n) is 11.9. The molecule has 0 radical (unpaired) electrons. The Kier molecular flexibility index (Phi) is 8.59. The minimum absolute atomic E-state index is 0.735. The summed E-state index contributed by atoms with van der Waals surface area (Å²) < 4.78 is 0. The molecule has 0 spiro atoms. The molecule has 0 aromatic heterocycles. The van der Waals surface area contributed by atoms with Crippen LogP contribution >= 0.6 is 0 Å². The molecule has 0 saturated heterocycles. The quantitative estimate of drug-likeness (QED) is 0.445. The third-order valence-electron chi connectivity index (χ3n) is 6.69. The van der Waals surface area contributed by atoms with E-state index in [1.165, 1.54) is 63.4 Å². The normalized spacial score (nSPS) is 18.3. The Hall–Kier alpha value is -2.51. The van der Waals surface area contributed by atoms with Gasteiger partial charge in [0.25, 0.3) is 0 Å². The summed E-state index contributed by atoms with van der Waals surface area (Å²) in [6.07, 6.45) is 13.3. The van der Waals surface area contributed by atoms with Gasteiger partial charge in [0.05, 0.1) is 11.6 Å². The standard InChI is InChI=1S/C29H35N/c1-3-5-6-23-7-9-24(10-8-23)11-12-25-13-15-26(16-14-25)17-18-27-19-20-28(4-2)29(21-27)22-30/h13-16,19-21,23-24H,3-12H2,1-2H3. The van der Waals surface area contributed by atoms with E-state index in [4.69, 9.17) is 0 Å². The molecule has 156 valence electrons. The molecule has 1 heteroatoms. The van der Waals surface area contributed by atoms with E-state index in [0.717, 1.165) is 40.5 Å². The van der Waals surface area contributed by atoms with Crippen molar-refractivity contribution in [3.63, 3.8) is 0 Å². The minimum atomic E-state index is 0.735. The summed E-state index contributed by atoms with van der Waals surface area (Å²) in [5, 5.41) is 9.28. The molecule has 0 unspecified atom stereocenters. The molecule has 1 nitrogen and oxygen atoms in total. The smallest absolute Gasteiger partial charge is 0.0994 e. The van der Waals surface area contributed by atoms with Gasteiger partial charge in [0.15, 0.2) is 0 Å². The van der Waals surface area contributed by atoms with Crippen LogP contribution in [0.15, 0.2) is 42.5 Å². The van der Waals surface area contributed by atoms with Gasteiger partial charge in [-0.15, -0.1) is 0 Å². The van der Waals surface area contributed by atoms with Crippen LogP contribution in [0.2, 0.25) is 0 Å². The minimum Gasteiger partial charge on any atom is -0.192 e. The lowest BCUT2D eigenvalue weighted by molar-refractivity contribution is 0.250. The van der Waals surface area contributed by atoms with Crippen molar-refractivity contribution < 1.29 is 0 Å². The Morgan fingerprint density at radius 2 is 1.47 bits per heavy atom. The highest BCUT2D eigenvalue weighted by atomic mass is 14.3. The van der Waals surface area contributed by atoms with Crippen LogP contribution in [0.25, 0.3) is 0 Å². The maximum Gasteiger partial charge on any atom is 0.0994 e. The second-order valence-electron chi connectivity index (χ2n) is 8.85. The molecule has 30 heavy (non-hydrogen) atoms. The van der Waals surface area contributed by atoms with E-state index in [1.807, 2.05) is 18.2 Å². The van der Waals surface area contributed by atoms with E-state index in [1.54, 1.807) is 0 Å². The molecule has 0 N–H and O–H groups in total. The Morgan fingerprint density at radius 3 is 2.10 bits per heavy atom. The molecule has 0 aliphatic heterocycles. The lowest BCUT2D eigenvalue weighted by Crippen LogP contribution is -2.15. The van der Waals surface area contributed by atoms with Crippen LogP contribution in [0.4, 0.5) is 0 Å². The summed E-state index contributed by atoms with van der Waals surface area (Å²) in [6, 6.07) is 16.9. The van der Waals surface area contributed by atoms with Crippen LogP contribution in [0.5, 0.6) is 0 Å². The first kappa shape index (κ1) is 22.2. The van der Waals surface area contributed by atoms with Crippen molar-refractivity contribution >= 4 is 0 Å². The highest BCUT2D eigenvalue weighted by Gasteiger charge is 2.20.